The molecule has 2 aromatic carbocycles. The molecule has 0 bridgehead atoms. The van der Waals surface area contributed by atoms with Crippen LogP contribution in [0.4, 0.5) is 11.4 Å². The Balaban J connectivity index is 1.88. The largest absolute Gasteiger partial charge is 0.372 e. The lowest BCUT2D eigenvalue weighted by Crippen LogP contribution is -2.38. The van der Waals surface area contributed by atoms with Crippen molar-refractivity contribution in [2.24, 2.45) is 4.99 Å². The zero-order valence-corrected chi connectivity index (χ0v) is 15.3. The van der Waals surface area contributed by atoms with Gasteiger partial charge in [-0.1, -0.05) is 12.1 Å². The molecule has 1 heterocycles. The number of pyridine rings is 1. The first kappa shape index (κ1) is 17.2. The molecule has 0 unspecified atom stereocenters. The Hall–Kier alpha value is -2.68. The zero-order chi connectivity index (χ0) is 17.6. The number of aliphatic imine (C=N–C) groups is 1. The Morgan fingerprint density at radius 3 is 2.28 bits per heavy atom. The maximum atomic E-state index is 4.68. The van der Waals surface area contributed by atoms with Gasteiger partial charge in [0, 0.05) is 36.3 Å². The van der Waals surface area contributed by atoms with Crippen molar-refractivity contribution in [2.75, 3.05) is 18.0 Å². The molecule has 3 aromatic rings. The summed E-state index contributed by atoms with van der Waals surface area (Å²) >= 11 is 0. The lowest BCUT2D eigenvalue weighted by molar-refractivity contribution is -0.668. The molecular formula is C22H26N3+. The number of aromatic nitrogens is 1. The molecule has 3 nitrogen and oxygen atoms in total. The van der Waals surface area contributed by atoms with Crippen LogP contribution >= 0.6 is 0 Å². The molecule has 0 amide bonds. The molecule has 0 aliphatic rings. The lowest BCUT2D eigenvalue weighted by Gasteiger charge is -2.20. The van der Waals surface area contributed by atoms with Gasteiger partial charge in [0.2, 0.25) is 11.2 Å². The van der Waals surface area contributed by atoms with Crippen molar-refractivity contribution in [3.05, 3.63) is 66.4 Å². The number of anilines is 1. The minimum absolute atomic E-state index is 0.920. The van der Waals surface area contributed by atoms with Crippen molar-refractivity contribution >= 4 is 28.5 Å². The Kier molecular flexibility index (Phi) is 5.44. The molecule has 128 valence electrons. The molecule has 0 aliphatic heterocycles. The van der Waals surface area contributed by atoms with Gasteiger partial charge in [-0.15, -0.1) is 0 Å². The van der Waals surface area contributed by atoms with E-state index in [2.05, 4.69) is 95.9 Å². The van der Waals surface area contributed by atoms with Crippen molar-refractivity contribution in [3.63, 3.8) is 0 Å². The van der Waals surface area contributed by atoms with E-state index < -0.39 is 0 Å². The van der Waals surface area contributed by atoms with Gasteiger partial charge in [-0.05, 0) is 57.2 Å². The number of hydrogen-bond acceptors (Lipinski definition) is 2. The fraction of sp³-hybridized carbons (Fsp3) is 0.273. The van der Waals surface area contributed by atoms with Gasteiger partial charge >= 0.3 is 0 Å². The number of hydrogen-bond donors (Lipinski definition) is 0. The van der Waals surface area contributed by atoms with Crippen LogP contribution in [0.5, 0.6) is 0 Å². The molecule has 0 atom stereocenters. The van der Waals surface area contributed by atoms with Gasteiger partial charge < -0.3 is 4.90 Å². The molecule has 0 radical (unpaired) electrons. The van der Waals surface area contributed by atoms with Gasteiger partial charge in [0.25, 0.3) is 0 Å². The summed E-state index contributed by atoms with van der Waals surface area (Å²) in [4.78, 5) is 7.01. The summed E-state index contributed by atoms with van der Waals surface area (Å²) in [5.74, 6) is 0. The maximum Gasteiger partial charge on any atom is 0.224 e. The summed E-state index contributed by atoms with van der Waals surface area (Å²) in [6.07, 6.45) is 1.96. The summed E-state index contributed by atoms with van der Waals surface area (Å²) in [6, 6.07) is 21.2. The molecule has 3 heteroatoms. The van der Waals surface area contributed by atoms with Gasteiger partial charge in [0.05, 0.1) is 11.9 Å². The molecule has 3 rings (SSSR count). The van der Waals surface area contributed by atoms with E-state index in [1.165, 1.54) is 16.6 Å². The average molecular weight is 332 g/mol. The van der Waals surface area contributed by atoms with E-state index in [4.69, 9.17) is 0 Å². The van der Waals surface area contributed by atoms with Crippen LogP contribution in [0.3, 0.4) is 0 Å². The van der Waals surface area contributed by atoms with Crippen molar-refractivity contribution in [1.29, 1.82) is 0 Å². The second kappa shape index (κ2) is 7.93. The first-order chi connectivity index (χ1) is 12.3. The predicted molar refractivity (Wildman–Crippen MR) is 107 cm³/mol. The van der Waals surface area contributed by atoms with Gasteiger partial charge in [-0.25, -0.2) is 4.99 Å². The molecule has 0 saturated heterocycles. The Bertz CT molecular complexity index is 862. The van der Waals surface area contributed by atoms with E-state index in [1.807, 2.05) is 6.21 Å². The predicted octanol–water partition coefficient (Wildman–Crippen LogP) is 4.74. The van der Waals surface area contributed by atoms with Crippen LogP contribution in [0.2, 0.25) is 0 Å². The van der Waals surface area contributed by atoms with Crippen LogP contribution in [0.1, 0.15) is 26.5 Å². The van der Waals surface area contributed by atoms with Crippen molar-refractivity contribution in [2.45, 2.75) is 27.3 Å². The summed E-state index contributed by atoms with van der Waals surface area (Å²) in [7, 11) is 0. The highest BCUT2D eigenvalue weighted by Crippen LogP contribution is 2.19. The number of benzene rings is 2. The Labute approximate surface area is 150 Å². The fourth-order valence-electron chi connectivity index (χ4n) is 3.22. The molecule has 0 aliphatic carbocycles. The number of fused-ring (bicyclic) bond motifs is 1. The normalized spacial score (nSPS) is 11.3. The minimum atomic E-state index is 0.920. The molecule has 0 N–H and O–H groups in total. The molecule has 0 fully saturated rings. The molecule has 25 heavy (non-hydrogen) atoms. The highest BCUT2D eigenvalue weighted by molar-refractivity contribution is 5.82. The third-order valence-electron chi connectivity index (χ3n) is 4.61. The summed E-state index contributed by atoms with van der Waals surface area (Å²) < 4.78 is 2.29. The van der Waals surface area contributed by atoms with Crippen molar-refractivity contribution < 1.29 is 4.57 Å². The summed E-state index contributed by atoms with van der Waals surface area (Å²) in [6.45, 7) is 9.49. The minimum Gasteiger partial charge on any atom is -0.372 e. The van der Waals surface area contributed by atoms with Gasteiger partial charge in [-0.3, -0.25) is 0 Å². The Morgan fingerprint density at radius 2 is 1.60 bits per heavy atom. The van der Waals surface area contributed by atoms with Gasteiger partial charge in [0.1, 0.15) is 6.54 Å². The number of aryl methyl sites for hydroxylation is 1. The van der Waals surface area contributed by atoms with E-state index in [-0.39, 0.29) is 0 Å². The zero-order valence-electron chi connectivity index (χ0n) is 15.3. The molecular weight excluding hydrogens is 306 g/mol. The van der Waals surface area contributed by atoms with Crippen molar-refractivity contribution in [3.8, 4) is 0 Å². The number of para-hydroxylation sites is 1. The van der Waals surface area contributed by atoms with E-state index in [0.717, 1.165) is 31.0 Å². The highest BCUT2D eigenvalue weighted by Gasteiger charge is 2.11. The summed E-state index contributed by atoms with van der Waals surface area (Å²) in [5, 5.41) is 1.25. The van der Waals surface area contributed by atoms with Crippen LogP contribution < -0.4 is 9.47 Å². The van der Waals surface area contributed by atoms with Crippen LogP contribution in [0, 0.1) is 0 Å². The monoisotopic (exact) mass is 332 g/mol. The van der Waals surface area contributed by atoms with E-state index in [9.17, 15) is 0 Å². The van der Waals surface area contributed by atoms with Crippen LogP contribution in [0.25, 0.3) is 10.9 Å². The van der Waals surface area contributed by atoms with E-state index >= 15 is 0 Å². The van der Waals surface area contributed by atoms with E-state index in [1.54, 1.807) is 0 Å². The summed E-state index contributed by atoms with van der Waals surface area (Å²) in [5.41, 5.74) is 4.59. The van der Waals surface area contributed by atoms with Crippen LogP contribution in [-0.4, -0.2) is 19.3 Å². The number of nitrogens with zero attached hydrogens (tertiary/aromatic N) is 3. The Morgan fingerprint density at radius 1 is 0.880 bits per heavy atom. The van der Waals surface area contributed by atoms with Gasteiger partial charge in [-0.2, -0.15) is 4.57 Å². The highest BCUT2D eigenvalue weighted by atomic mass is 15.1. The quantitative estimate of drug-likeness (QED) is 0.471. The van der Waals surface area contributed by atoms with Gasteiger partial charge in [0.15, 0.2) is 0 Å². The SMILES string of the molecule is CCN(CC)c1ccc(N=Cc2ccc3ccccc3[n+]2CC)cc1. The van der Waals surface area contributed by atoms with Crippen LogP contribution in [0.15, 0.2) is 65.7 Å². The third kappa shape index (κ3) is 3.71. The first-order valence-corrected chi connectivity index (χ1v) is 9.07. The third-order valence-corrected chi connectivity index (χ3v) is 4.61. The topological polar surface area (TPSA) is 19.5 Å². The number of rotatable bonds is 6. The fourth-order valence-corrected chi connectivity index (χ4v) is 3.22. The smallest absolute Gasteiger partial charge is 0.224 e. The second-order valence-electron chi connectivity index (χ2n) is 6.01. The molecule has 0 spiro atoms. The van der Waals surface area contributed by atoms with Crippen LogP contribution in [-0.2, 0) is 6.54 Å². The molecule has 0 saturated carbocycles. The average Bonchev–Trinajstić information content (AvgIpc) is 2.67. The second-order valence-corrected chi connectivity index (χ2v) is 6.01. The maximum absolute atomic E-state index is 4.68. The first-order valence-electron chi connectivity index (χ1n) is 9.07. The molecule has 1 aromatic heterocycles. The lowest BCUT2D eigenvalue weighted by atomic mass is 10.2. The standard InChI is InChI=1S/C22H26N3/c1-4-24(5-2)20-15-12-19(13-16-20)23-17-21-14-11-18-9-7-8-10-22(18)25(21)6-3/h7-17H,4-6H2,1-3H3/q+1. The van der Waals surface area contributed by atoms with E-state index in [0.29, 0.717) is 0 Å². The van der Waals surface area contributed by atoms with Crippen molar-refractivity contribution in [1.82, 2.24) is 0 Å².